The van der Waals surface area contributed by atoms with E-state index in [9.17, 15) is 4.79 Å². The van der Waals surface area contributed by atoms with Crippen molar-refractivity contribution in [3.8, 4) is 11.5 Å². The summed E-state index contributed by atoms with van der Waals surface area (Å²) in [6, 6.07) is 9.14. The third-order valence-corrected chi connectivity index (χ3v) is 3.61. The van der Waals surface area contributed by atoms with Gasteiger partial charge in [-0.3, -0.25) is 0 Å². The zero-order valence-electron chi connectivity index (χ0n) is 14.9. The van der Waals surface area contributed by atoms with Crippen molar-refractivity contribution in [1.29, 1.82) is 0 Å². The molecular weight excluding hydrogens is 306 g/mol. The topological polar surface area (TPSA) is 77.2 Å². The van der Waals surface area contributed by atoms with E-state index in [1.807, 2.05) is 65.0 Å². The Morgan fingerprint density at radius 1 is 1.25 bits per heavy atom. The zero-order valence-corrected chi connectivity index (χ0v) is 14.9. The molecule has 2 rings (SSSR count). The van der Waals surface area contributed by atoms with Crippen molar-refractivity contribution in [1.82, 2.24) is 15.5 Å². The normalized spacial score (nSPS) is 14.0. The van der Waals surface area contributed by atoms with Crippen LogP contribution in [0.2, 0.25) is 0 Å². The van der Waals surface area contributed by atoms with Crippen molar-refractivity contribution in [3.05, 3.63) is 36.2 Å². The Morgan fingerprint density at radius 2 is 1.92 bits per heavy atom. The highest BCUT2D eigenvalue weighted by Crippen LogP contribution is 2.27. The molecule has 0 bridgehead atoms. The smallest absolute Gasteiger partial charge is 0.408 e. The SMILES string of the molecule is CC[C@H](C)[C@H](NC(=O)OC(C)(C)C)c1nnc(-c2ccccc2)o1. The van der Waals surface area contributed by atoms with Gasteiger partial charge in [0.25, 0.3) is 0 Å². The second kappa shape index (κ2) is 7.47. The Kier molecular flexibility index (Phi) is 5.59. The number of rotatable bonds is 5. The van der Waals surface area contributed by atoms with E-state index in [-0.39, 0.29) is 5.92 Å². The van der Waals surface area contributed by atoms with Crippen molar-refractivity contribution in [3.63, 3.8) is 0 Å². The molecule has 0 saturated heterocycles. The average Bonchev–Trinajstić information content (AvgIpc) is 3.00. The number of aromatic nitrogens is 2. The van der Waals surface area contributed by atoms with Crippen molar-refractivity contribution >= 4 is 6.09 Å². The van der Waals surface area contributed by atoms with E-state index in [1.165, 1.54) is 0 Å². The Bertz CT molecular complexity index is 662. The van der Waals surface area contributed by atoms with Gasteiger partial charge in [0.15, 0.2) is 0 Å². The van der Waals surface area contributed by atoms with Crippen LogP contribution in [-0.4, -0.2) is 21.9 Å². The van der Waals surface area contributed by atoms with E-state index in [2.05, 4.69) is 15.5 Å². The Morgan fingerprint density at radius 3 is 2.50 bits per heavy atom. The fourth-order valence-electron chi connectivity index (χ4n) is 2.18. The predicted molar refractivity (Wildman–Crippen MR) is 91.3 cm³/mol. The van der Waals surface area contributed by atoms with Crippen LogP contribution >= 0.6 is 0 Å². The standard InChI is InChI=1S/C18H25N3O3/c1-6-12(2)14(19-17(22)24-18(3,4)5)16-21-20-15(23-16)13-10-8-7-9-11-13/h7-12,14H,6H2,1-5H3,(H,19,22)/t12-,14-/m0/s1. The van der Waals surface area contributed by atoms with Crippen LogP contribution in [-0.2, 0) is 4.74 Å². The molecule has 1 N–H and O–H groups in total. The average molecular weight is 331 g/mol. The molecule has 0 aliphatic rings. The first kappa shape index (κ1) is 18.0. The van der Waals surface area contributed by atoms with E-state index in [0.29, 0.717) is 11.8 Å². The number of ether oxygens (including phenoxy) is 1. The highest BCUT2D eigenvalue weighted by atomic mass is 16.6. The van der Waals surface area contributed by atoms with Gasteiger partial charge in [-0.2, -0.15) is 0 Å². The number of hydrogen-bond donors (Lipinski definition) is 1. The third-order valence-electron chi connectivity index (χ3n) is 3.61. The van der Waals surface area contributed by atoms with E-state index in [0.717, 1.165) is 12.0 Å². The van der Waals surface area contributed by atoms with Gasteiger partial charge in [-0.15, -0.1) is 10.2 Å². The monoisotopic (exact) mass is 331 g/mol. The first-order valence-electron chi connectivity index (χ1n) is 8.18. The molecule has 6 nitrogen and oxygen atoms in total. The number of carbonyl (C=O) groups is 1. The van der Waals surface area contributed by atoms with Gasteiger partial charge < -0.3 is 14.5 Å². The minimum absolute atomic E-state index is 0.126. The van der Waals surface area contributed by atoms with Gasteiger partial charge in [0.05, 0.1) is 0 Å². The summed E-state index contributed by atoms with van der Waals surface area (Å²) in [5, 5.41) is 11.1. The molecule has 2 atom stereocenters. The molecule has 2 aromatic rings. The molecule has 24 heavy (non-hydrogen) atoms. The summed E-state index contributed by atoms with van der Waals surface area (Å²) in [6.07, 6.45) is 0.357. The van der Waals surface area contributed by atoms with Gasteiger partial charge in [-0.05, 0) is 38.8 Å². The molecule has 0 aliphatic carbocycles. The molecule has 6 heteroatoms. The fourth-order valence-corrected chi connectivity index (χ4v) is 2.18. The molecule has 1 aromatic heterocycles. The zero-order chi connectivity index (χ0) is 17.7. The van der Waals surface area contributed by atoms with Crippen LogP contribution < -0.4 is 5.32 Å². The lowest BCUT2D eigenvalue weighted by molar-refractivity contribution is 0.0475. The number of hydrogen-bond acceptors (Lipinski definition) is 5. The highest BCUT2D eigenvalue weighted by molar-refractivity contribution is 5.68. The minimum Gasteiger partial charge on any atom is -0.444 e. The van der Waals surface area contributed by atoms with Crippen LogP contribution in [0.4, 0.5) is 4.79 Å². The summed E-state index contributed by atoms with van der Waals surface area (Å²) in [5.74, 6) is 0.945. The summed E-state index contributed by atoms with van der Waals surface area (Å²) in [7, 11) is 0. The lowest BCUT2D eigenvalue weighted by Gasteiger charge is -2.24. The summed E-state index contributed by atoms with van der Waals surface area (Å²) >= 11 is 0. The van der Waals surface area contributed by atoms with E-state index >= 15 is 0 Å². The molecule has 0 unspecified atom stereocenters. The maximum absolute atomic E-state index is 12.1. The number of benzene rings is 1. The molecule has 1 aromatic carbocycles. The summed E-state index contributed by atoms with van der Waals surface area (Å²) < 4.78 is 11.1. The van der Waals surface area contributed by atoms with Crippen molar-refractivity contribution in [2.75, 3.05) is 0 Å². The number of amides is 1. The molecule has 0 spiro atoms. The highest BCUT2D eigenvalue weighted by Gasteiger charge is 2.28. The number of alkyl carbamates (subject to hydrolysis) is 1. The first-order valence-corrected chi connectivity index (χ1v) is 8.18. The largest absolute Gasteiger partial charge is 0.444 e. The van der Waals surface area contributed by atoms with E-state index in [4.69, 9.17) is 9.15 Å². The minimum atomic E-state index is -0.561. The lowest BCUT2D eigenvalue weighted by Crippen LogP contribution is -2.37. The molecule has 1 amide bonds. The van der Waals surface area contributed by atoms with E-state index < -0.39 is 17.7 Å². The van der Waals surface area contributed by atoms with Gasteiger partial charge in [-0.1, -0.05) is 38.5 Å². The van der Waals surface area contributed by atoms with E-state index in [1.54, 1.807) is 0 Å². The molecule has 0 aliphatic heterocycles. The van der Waals surface area contributed by atoms with Crippen LogP contribution in [0.3, 0.4) is 0 Å². The lowest BCUT2D eigenvalue weighted by atomic mass is 9.99. The second-order valence-corrected chi connectivity index (χ2v) is 6.82. The fraction of sp³-hybridized carbons (Fsp3) is 0.500. The predicted octanol–water partition coefficient (Wildman–Crippen LogP) is 4.35. The summed E-state index contributed by atoms with van der Waals surface area (Å²) in [4.78, 5) is 12.1. The van der Waals surface area contributed by atoms with Crippen LogP contribution in [0.5, 0.6) is 0 Å². The van der Waals surface area contributed by atoms with Crippen molar-refractivity contribution in [2.24, 2.45) is 5.92 Å². The van der Waals surface area contributed by atoms with Crippen LogP contribution in [0, 0.1) is 5.92 Å². The number of carbonyl (C=O) groups excluding carboxylic acids is 1. The Balaban J connectivity index is 2.20. The Labute approximate surface area is 142 Å². The summed E-state index contributed by atoms with van der Waals surface area (Å²) in [6.45, 7) is 9.54. The quantitative estimate of drug-likeness (QED) is 0.881. The van der Waals surface area contributed by atoms with Gasteiger partial charge in [0, 0.05) is 5.56 Å². The van der Waals surface area contributed by atoms with Gasteiger partial charge in [0.2, 0.25) is 11.8 Å². The van der Waals surface area contributed by atoms with Crippen LogP contribution in [0.15, 0.2) is 34.7 Å². The second-order valence-electron chi connectivity index (χ2n) is 6.82. The van der Waals surface area contributed by atoms with Crippen LogP contribution in [0.25, 0.3) is 11.5 Å². The van der Waals surface area contributed by atoms with Gasteiger partial charge in [0.1, 0.15) is 11.6 Å². The maximum Gasteiger partial charge on any atom is 0.408 e. The van der Waals surface area contributed by atoms with Crippen molar-refractivity contribution in [2.45, 2.75) is 52.7 Å². The molecular formula is C18H25N3O3. The van der Waals surface area contributed by atoms with Gasteiger partial charge in [-0.25, -0.2) is 4.79 Å². The number of nitrogens with one attached hydrogen (secondary N) is 1. The third kappa shape index (κ3) is 4.81. The Hall–Kier alpha value is -2.37. The molecule has 130 valence electrons. The molecule has 0 saturated carbocycles. The van der Waals surface area contributed by atoms with Crippen molar-refractivity contribution < 1.29 is 13.9 Å². The molecule has 0 fully saturated rings. The number of nitrogens with zero attached hydrogens (tertiary/aromatic N) is 2. The summed E-state index contributed by atoms with van der Waals surface area (Å²) in [5.41, 5.74) is 0.283. The molecule has 1 heterocycles. The van der Waals surface area contributed by atoms with Crippen LogP contribution in [0.1, 0.15) is 53.0 Å². The molecule has 0 radical (unpaired) electrons. The van der Waals surface area contributed by atoms with Gasteiger partial charge >= 0.3 is 6.09 Å². The first-order chi connectivity index (χ1) is 11.3. The maximum atomic E-state index is 12.1.